The van der Waals surface area contributed by atoms with Crippen molar-refractivity contribution in [1.82, 2.24) is 0 Å². The molecule has 1 N–H and O–H groups in total. The number of carboxylic acids is 1. The average molecular weight is 393 g/mol. The molecular weight excluding hydrogens is 352 g/mol. The number of carbonyl (C=O) groups is 1. The lowest BCUT2D eigenvalue weighted by Crippen LogP contribution is -2.43. The van der Waals surface area contributed by atoms with Gasteiger partial charge < -0.3 is 14.6 Å². The number of para-hydroxylation sites is 1. The zero-order valence-corrected chi connectivity index (χ0v) is 18.0. The number of benzene rings is 1. The molecule has 0 radical (unpaired) electrons. The van der Waals surface area contributed by atoms with E-state index in [2.05, 4.69) is 6.92 Å². The van der Waals surface area contributed by atoms with Crippen molar-refractivity contribution in [3.63, 3.8) is 0 Å². The summed E-state index contributed by atoms with van der Waals surface area (Å²) in [6.07, 6.45) is 13.3. The predicted octanol–water partition coefficient (Wildman–Crippen LogP) is 6.63. The SMILES string of the molecule is CCCCCCCCCCCCC(CCOc1ccccc1)(OCC)C(=O)O. The molecule has 0 aliphatic heterocycles. The molecule has 0 saturated carbocycles. The van der Waals surface area contributed by atoms with Gasteiger partial charge in [0.2, 0.25) is 0 Å². The normalized spacial score (nSPS) is 13.2. The van der Waals surface area contributed by atoms with Gasteiger partial charge in [-0.3, -0.25) is 0 Å². The molecule has 1 aromatic rings. The Labute approximate surface area is 171 Å². The highest BCUT2D eigenvalue weighted by Crippen LogP contribution is 2.26. The van der Waals surface area contributed by atoms with E-state index in [0.29, 0.717) is 26.1 Å². The van der Waals surface area contributed by atoms with Crippen molar-refractivity contribution >= 4 is 5.97 Å². The second kappa shape index (κ2) is 15.4. The number of hydrogen-bond donors (Lipinski definition) is 1. The number of ether oxygens (including phenoxy) is 2. The van der Waals surface area contributed by atoms with Gasteiger partial charge >= 0.3 is 5.97 Å². The smallest absolute Gasteiger partial charge is 0.336 e. The Balaban J connectivity index is 2.31. The lowest BCUT2D eigenvalue weighted by atomic mass is 9.92. The van der Waals surface area contributed by atoms with E-state index in [4.69, 9.17) is 9.47 Å². The van der Waals surface area contributed by atoms with Crippen LogP contribution in [0, 0.1) is 0 Å². The molecule has 28 heavy (non-hydrogen) atoms. The van der Waals surface area contributed by atoms with E-state index in [1.807, 2.05) is 37.3 Å². The van der Waals surface area contributed by atoms with Crippen LogP contribution in [0.1, 0.15) is 90.9 Å². The molecule has 4 nitrogen and oxygen atoms in total. The summed E-state index contributed by atoms with van der Waals surface area (Å²) in [7, 11) is 0. The van der Waals surface area contributed by atoms with Gasteiger partial charge in [-0.2, -0.15) is 0 Å². The van der Waals surface area contributed by atoms with E-state index in [0.717, 1.165) is 18.6 Å². The van der Waals surface area contributed by atoms with Gasteiger partial charge in [0, 0.05) is 13.0 Å². The molecule has 160 valence electrons. The molecule has 1 atom stereocenters. The molecule has 0 spiro atoms. The Morgan fingerprint density at radius 3 is 1.96 bits per heavy atom. The molecule has 1 aromatic carbocycles. The summed E-state index contributed by atoms with van der Waals surface area (Å²) >= 11 is 0. The van der Waals surface area contributed by atoms with Crippen LogP contribution in [0.15, 0.2) is 30.3 Å². The maximum atomic E-state index is 12.0. The fourth-order valence-corrected chi connectivity index (χ4v) is 3.57. The highest BCUT2D eigenvalue weighted by Gasteiger charge is 2.38. The van der Waals surface area contributed by atoms with E-state index in [9.17, 15) is 9.90 Å². The van der Waals surface area contributed by atoms with Crippen molar-refractivity contribution in [3.05, 3.63) is 30.3 Å². The standard InChI is InChI=1S/C24H40O4/c1-3-5-6-7-8-9-10-11-12-16-19-24(23(25)26,28-4-2)20-21-27-22-17-14-13-15-18-22/h13-15,17-18H,3-12,16,19-21H2,1-2H3,(H,25,26). The number of aliphatic carboxylic acids is 1. The van der Waals surface area contributed by atoms with Crippen molar-refractivity contribution < 1.29 is 19.4 Å². The highest BCUT2D eigenvalue weighted by molar-refractivity contribution is 5.77. The maximum absolute atomic E-state index is 12.0. The minimum absolute atomic E-state index is 0.341. The minimum Gasteiger partial charge on any atom is -0.493 e. The molecule has 0 fully saturated rings. The molecule has 0 aliphatic carbocycles. The molecule has 0 amide bonds. The minimum atomic E-state index is -1.14. The number of unbranched alkanes of at least 4 members (excludes halogenated alkanes) is 9. The average Bonchev–Trinajstić information content (AvgIpc) is 2.70. The van der Waals surface area contributed by atoms with Crippen LogP contribution in [-0.2, 0) is 9.53 Å². The van der Waals surface area contributed by atoms with Gasteiger partial charge in [-0.15, -0.1) is 0 Å². The predicted molar refractivity (Wildman–Crippen MR) is 115 cm³/mol. The lowest BCUT2D eigenvalue weighted by molar-refractivity contribution is -0.168. The van der Waals surface area contributed by atoms with E-state index < -0.39 is 11.6 Å². The summed E-state index contributed by atoms with van der Waals surface area (Å²) in [5, 5.41) is 9.82. The van der Waals surface area contributed by atoms with Gasteiger partial charge in [-0.1, -0.05) is 82.9 Å². The molecule has 0 bridgehead atoms. The van der Waals surface area contributed by atoms with Gasteiger partial charge in [0.1, 0.15) is 5.75 Å². The Kier molecular flexibility index (Phi) is 13.5. The molecule has 0 aromatic heterocycles. The van der Waals surface area contributed by atoms with Crippen LogP contribution in [0.4, 0.5) is 0 Å². The summed E-state index contributed by atoms with van der Waals surface area (Å²) in [4.78, 5) is 12.0. The third-order valence-corrected chi connectivity index (χ3v) is 5.26. The number of hydrogen-bond acceptors (Lipinski definition) is 3. The summed E-state index contributed by atoms with van der Waals surface area (Å²) in [6.45, 7) is 4.84. The highest BCUT2D eigenvalue weighted by atomic mass is 16.5. The topological polar surface area (TPSA) is 55.8 Å². The fourth-order valence-electron chi connectivity index (χ4n) is 3.57. The third-order valence-electron chi connectivity index (χ3n) is 5.26. The molecule has 1 rings (SSSR count). The zero-order valence-electron chi connectivity index (χ0n) is 18.0. The second-order valence-corrected chi connectivity index (χ2v) is 7.58. The molecule has 0 aliphatic rings. The quantitative estimate of drug-likeness (QED) is 0.285. The van der Waals surface area contributed by atoms with Crippen LogP contribution in [0.2, 0.25) is 0 Å². The van der Waals surface area contributed by atoms with Crippen LogP contribution in [0.5, 0.6) is 5.75 Å². The number of carboxylic acid groups (broad SMARTS) is 1. The van der Waals surface area contributed by atoms with Gasteiger partial charge in [-0.25, -0.2) is 4.79 Å². The zero-order chi connectivity index (χ0) is 20.5. The fraction of sp³-hybridized carbons (Fsp3) is 0.708. The molecule has 4 heteroatoms. The Bertz CT molecular complexity index is 503. The van der Waals surface area contributed by atoms with Crippen LogP contribution in [0.3, 0.4) is 0 Å². The van der Waals surface area contributed by atoms with Crippen molar-refractivity contribution in [3.8, 4) is 5.75 Å². The summed E-state index contributed by atoms with van der Waals surface area (Å²) < 4.78 is 11.4. The van der Waals surface area contributed by atoms with Crippen molar-refractivity contribution in [2.75, 3.05) is 13.2 Å². The van der Waals surface area contributed by atoms with Crippen LogP contribution in [-0.4, -0.2) is 29.9 Å². The molecular formula is C24H40O4. The summed E-state index contributed by atoms with van der Waals surface area (Å²) in [5.41, 5.74) is -1.14. The van der Waals surface area contributed by atoms with E-state index in [1.165, 1.54) is 51.4 Å². The first-order valence-corrected chi connectivity index (χ1v) is 11.2. The van der Waals surface area contributed by atoms with E-state index in [1.54, 1.807) is 0 Å². The first-order valence-electron chi connectivity index (χ1n) is 11.2. The summed E-state index contributed by atoms with van der Waals surface area (Å²) in [5.74, 6) is -0.112. The summed E-state index contributed by atoms with van der Waals surface area (Å²) in [6, 6.07) is 9.51. The maximum Gasteiger partial charge on any atom is 0.336 e. The van der Waals surface area contributed by atoms with Gasteiger partial charge in [0.05, 0.1) is 6.61 Å². The first kappa shape index (κ1) is 24.5. The largest absolute Gasteiger partial charge is 0.493 e. The molecule has 1 unspecified atom stereocenters. The Hall–Kier alpha value is -1.55. The van der Waals surface area contributed by atoms with Gasteiger partial charge in [0.25, 0.3) is 0 Å². The van der Waals surface area contributed by atoms with Crippen molar-refractivity contribution in [1.29, 1.82) is 0 Å². The third kappa shape index (κ3) is 10.1. The van der Waals surface area contributed by atoms with E-state index >= 15 is 0 Å². The first-order chi connectivity index (χ1) is 13.6. The van der Waals surface area contributed by atoms with Crippen LogP contribution < -0.4 is 4.74 Å². The van der Waals surface area contributed by atoms with Crippen LogP contribution in [0.25, 0.3) is 0 Å². The Morgan fingerprint density at radius 1 is 0.857 bits per heavy atom. The molecule has 0 heterocycles. The Morgan fingerprint density at radius 2 is 1.43 bits per heavy atom. The van der Waals surface area contributed by atoms with Crippen molar-refractivity contribution in [2.24, 2.45) is 0 Å². The monoisotopic (exact) mass is 392 g/mol. The molecule has 0 saturated heterocycles. The van der Waals surface area contributed by atoms with Gasteiger partial charge in [-0.05, 0) is 31.9 Å². The second-order valence-electron chi connectivity index (χ2n) is 7.58. The van der Waals surface area contributed by atoms with Crippen LogP contribution >= 0.6 is 0 Å². The lowest BCUT2D eigenvalue weighted by Gasteiger charge is -2.29. The number of rotatable bonds is 18. The van der Waals surface area contributed by atoms with E-state index in [-0.39, 0.29) is 0 Å². The van der Waals surface area contributed by atoms with Gasteiger partial charge in [0.15, 0.2) is 5.60 Å². The van der Waals surface area contributed by atoms with Crippen molar-refractivity contribution in [2.45, 2.75) is 96.5 Å².